The maximum atomic E-state index is 13.6. The number of hydrogen-bond acceptors (Lipinski definition) is 3. The molecule has 0 aliphatic heterocycles. The maximum Gasteiger partial charge on any atom is 0.405 e. The van der Waals surface area contributed by atoms with Crippen LogP contribution in [0.1, 0.15) is 26.2 Å². The zero-order valence-electron chi connectivity index (χ0n) is 8.70. The summed E-state index contributed by atoms with van der Waals surface area (Å²) in [6.45, 7) is 1.37. The van der Waals surface area contributed by atoms with E-state index in [0.29, 0.717) is 0 Å². The second-order valence-corrected chi connectivity index (χ2v) is 4.05. The van der Waals surface area contributed by atoms with Gasteiger partial charge in [-0.1, -0.05) is 0 Å². The van der Waals surface area contributed by atoms with Gasteiger partial charge in [-0.15, -0.1) is 0 Å². The fourth-order valence-electron chi connectivity index (χ4n) is 2.03. The first-order valence-electron chi connectivity index (χ1n) is 4.78. The molecule has 0 aromatic carbocycles. The molecule has 0 radical (unpaired) electrons. The molecule has 6 nitrogen and oxygen atoms in total. The van der Waals surface area contributed by atoms with Crippen LogP contribution in [0.2, 0.25) is 0 Å². The van der Waals surface area contributed by atoms with Crippen LogP contribution in [-0.4, -0.2) is 28.7 Å². The van der Waals surface area contributed by atoms with Crippen LogP contribution in [0, 0.1) is 5.53 Å². The average Bonchev–Trinajstić information content (AvgIpc) is 2.12. The molecule has 90 valence electrons. The molecule has 1 amide bonds. The average molecular weight is 235 g/mol. The summed E-state index contributed by atoms with van der Waals surface area (Å²) in [7, 11) is 0. The Labute approximate surface area is 90.3 Å². The number of nitrogens with zero attached hydrogens (tertiary/aromatic N) is 2. The molecule has 16 heavy (non-hydrogen) atoms. The van der Waals surface area contributed by atoms with Gasteiger partial charge in [0.25, 0.3) is 5.92 Å². The van der Waals surface area contributed by atoms with E-state index >= 15 is 0 Å². The highest BCUT2D eigenvalue weighted by Crippen LogP contribution is 2.41. The van der Waals surface area contributed by atoms with E-state index < -0.39 is 23.6 Å². The Morgan fingerprint density at radius 3 is 2.75 bits per heavy atom. The zero-order chi connectivity index (χ0) is 12.4. The maximum absolute atomic E-state index is 13.6. The molecule has 1 fully saturated rings. The number of nitrogens with one attached hydrogen (secondary N) is 2. The number of alkyl halides is 2. The van der Waals surface area contributed by atoms with Crippen molar-refractivity contribution in [3.63, 3.8) is 0 Å². The van der Waals surface area contributed by atoms with Crippen LogP contribution in [0.3, 0.4) is 0 Å². The molecule has 0 unspecified atom stereocenters. The molecule has 1 saturated carbocycles. The van der Waals surface area contributed by atoms with E-state index in [1.165, 1.54) is 6.92 Å². The van der Waals surface area contributed by atoms with E-state index in [-0.39, 0.29) is 19.3 Å². The Bertz CT molecular complexity index is 343. The van der Waals surface area contributed by atoms with Crippen molar-refractivity contribution in [1.82, 2.24) is 10.2 Å². The van der Waals surface area contributed by atoms with Crippen molar-refractivity contribution in [2.24, 2.45) is 5.11 Å². The molecule has 0 saturated heterocycles. The van der Waals surface area contributed by atoms with Gasteiger partial charge in [0, 0.05) is 6.42 Å². The summed E-state index contributed by atoms with van der Waals surface area (Å²) < 4.78 is 27.1. The van der Waals surface area contributed by atoms with Gasteiger partial charge in [-0.3, -0.25) is 0 Å². The van der Waals surface area contributed by atoms with Crippen LogP contribution in [0.5, 0.6) is 0 Å². The van der Waals surface area contributed by atoms with Crippen LogP contribution in [0.15, 0.2) is 5.11 Å². The summed E-state index contributed by atoms with van der Waals surface area (Å²) in [5, 5.41) is 13.7. The van der Waals surface area contributed by atoms with Crippen LogP contribution < -0.4 is 10.2 Å². The molecule has 0 bridgehead atoms. The summed E-state index contributed by atoms with van der Waals surface area (Å²) in [6.07, 6.45) is -1.42. The predicted octanol–water partition coefficient (Wildman–Crippen LogP) is 1.75. The minimum Gasteiger partial charge on any atom is -0.465 e. The molecule has 1 aliphatic rings. The van der Waals surface area contributed by atoms with Gasteiger partial charge in [-0.25, -0.2) is 13.6 Å². The number of amides is 1. The molecule has 0 aromatic heterocycles. The summed E-state index contributed by atoms with van der Waals surface area (Å²) in [6, 6.07) is -1.64. The molecule has 2 atom stereocenters. The van der Waals surface area contributed by atoms with Crippen molar-refractivity contribution in [2.45, 2.75) is 43.7 Å². The summed E-state index contributed by atoms with van der Waals surface area (Å²) in [4.78, 5) is 13.2. The van der Waals surface area contributed by atoms with E-state index in [1.807, 2.05) is 0 Å². The van der Waals surface area contributed by atoms with Gasteiger partial charge < -0.3 is 10.4 Å². The van der Waals surface area contributed by atoms with Crippen molar-refractivity contribution in [1.29, 1.82) is 5.53 Å². The lowest BCUT2D eigenvalue weighted by Gasteiger charge is -2.38. The fraction of sp³-hybridized carbons (Fsp3) is 0.875. The largest absolute Gasteiger partial charge is 0.465 e. The second-order valence-electron chi connectivity index (χ2n) is 4.05. The van der Waals surface area contributed by atoms with Crippen LogP contribution in [0.25, 0.3) is 0 Å². The van der Waals surface area contributed by atoms with Crippen molar-refractivity contribution < 1.29 is 18.7 Å². The Kier molecular flexibility index (Phi) is 3.23. The highest BCUT2D eigenvalue weighted by Gasteiger charge is 2.57. The smallest absolute Gasteiger partial charge is 0.405 e. The molecular weight excluding hydrogens is 222 g/mol. The minimum absolute atomic E-state index is 0.223. The molecule has 0 heterocycles. The quantitative estimate of drug-likeness (QED) is 0.501. The normalized spacial score (nSPS) is 32.6. The molecular formula is C8H13F2N4O2+. The molecule has 0 aromatic rings. The zero-order valence-corrected chi connectivity index (χ0v) is 8.70. The SMILES string of the molecule is C[C@]1(N=[N+]=N)CCCC(F)(F)[C@@H]1NC(=O)O. The fourth-order valence-corrected chi connectivity index (χ4v) is 2.03. The lowest BCUT2D eigenvalue weighted by Crippen LogP contribution is -2.61. The monoisotopic (exact) mass is 235 g/mol. The van der Waals surface area contributed by atoms with Crippen LogP contribution in [-0.2, 0) is 0 Å². The highest BCUT2D eigenvalue weighted by atomic mass is 19.3. The van der Waals surface area contributed by atoms with Gasteiger partial charge in [0.2, 0.25) is 4.91 Å². The third-order valence-corrected chi connectivity index (χ3v) is 2.78. The van der Waals surface area contributed by atoms with Gasteiger partial charge in [0.15, 0.2) is 5.54 Å². The summed E-state index contributed by atoms with van der Waals surface area (Å²) in [5.41, 5.74) is 5.24. The van der Waals surface area contributed by atoms with Crippen molar-refractivity contribution in [3.05, 3.63) is 0 Å². The van der Waals surface area contributed by atoms with Crippen LogP contribution >= 0.6 is 0 Å². The van der Waals surface area contributed by atoms with Crippen molar-refractivity contribution >= 4 is 6.09 Å². The van der Waals surface area contributed by atoms with E-state index in [4.69, 9.17) is 10.6 Å². The van der Waals surface area contributed by atoms with E-state index in [0.717, 1.165) is 0 Å². The molecule has 1 aliphatic carbocycles. The first-order chi connectivity index (χ1) is 7.32. The topological polar surface area (TPSA) is 99.6 Å². The van der Waals surface area contributed by atoms with Crippen molar-refractivity contribution in [3.8, 4) is 0 Å². The minimum atomic E-state index is -3.17. The Morgan fingerprint density at radius 1 is 1.62 bits per heavy atom. The molecule has 3 N–H and O–H groups in total. The summed E-state index contributed by atoms with van der Waals surface area (Å²) >= 11 is 0. The second kappa shape index (κ2) is 4.13. The van der Waals surface area contributed by atoms with Gasteiger partial charge in [0.05, 0.1) is 0 Å². The highest BCUT2D eigenvalue weighted by molar-refractivity contribution is 5.65. The van der Waals surface area contributed by atoms with Gasteiger partial charge >= 0.3 is 6.09 Å². The Balaban J connectivity index is 3.05. The molecule has 1 rings (SSSR count). The van der Waals surface area contributed by atoms with Crippen LogP contribution in [0.4, 0.5) is 13.6 Å². The lowest BCUT2D eigenvalue weighted by molar-refractivity contribution is -0.0870. The third-order valence-electron chi connectivity index (χ3n) is 2.78. The van der Waals surface area contributed by atoms with E-state index in [1.54, 1.807) is 5.32 Å². The Hall–Kier alpha value is -1.56. The van der Waals surface area contributed by atoms with Gasteiger partial charge in [0.1, 0.15) is 16.7 Å². The number of carboxylic acid groups (broad SMARTS) is 1. The summed E-state index contributed by atoms with van der Waals surface area (Å²) in [5.74, 6) is -3.17. The number of hydrogen-bond donors (Lipinski definition) is 3. The number of carbonyl (C=O) groups is 1. The van der Waals surface area contributed by atoms with Gasteiger partial charge in [-0.2, -0.15) is 0 Å². The van der Waals surface area contributed by atoms with Gasteiger partial charge in [-0.05, 0) is 19.8 Å². The van der Waals surface area contributed by atoms with Crippen molar-refractivity contribution in [2.75, 3.05) is 0 Å². The predicted molar refractivity (Wildman–Crippen MR) is 49.4 cm³/mol. The lowest BCUT2D eigenvalue weighted by atomic mass is 9.77. The van der Waals surface area contributed by atoms with E-state index in [2.05, 4.69) is 10.0 Å². The molecule has 0 spiro atoms. The Morgan fingerprint density at radius 2 is 2.25 bits per heavy atom. The standard InChI is InChI=1S/C8H12F2N4O2/c1-7(13-14-11)3-2-4-8(9,10)5(7)12-6(15)16/h5,11-12H,2-4H2,1H3/p+1/t5-,7+/m1/s1. The number of halogens is 2. The first kappa shape index (κ1) is 12.5. The third kappa shape index (κ3) is 2.33. The molecule has 8 heteroatoms. The first-order valence-corrected chi connectivity index (χ1v) is 4.78. The number of rotatable bonds is 2. The van der Waals surface area contributed by atoms with E-state index in [9.17, 15) is 13.6 Å².